The molecule has 0 amide bonds. The fourth-order valence-electron chi connectivity index (χ4n) is 1.14. The van der Waals surface area contributed by atoms with Gasteiger partial charge in [-0.05, 0) is 38.8 Å². The summed E-state index contributed by atoms with van der Waals surface area (Å²) in [6.45, 7) is 1.14. The number of nitrogens with one attached hydrogen (secondary N) is 1. The summed E-state index contributed by atoms with van der Waals surface area (Å²) < 4.78 is 0. The van der Waals surface area contributed by atoms with Crippen molar-refractivity contribution in [1.29, 1.82) is 0 Å². The van der Waals surface area contributed by atoms with E-state index in [4.69, 9.17) is 5.73 Å². The average molecular weight is 128 g/mol. The van der Waals surface area contributed by atoms with E-state index in [0.717, 1.165) is 12.5 Å². The Balaban J connectivity index is 1.83. The van der Waals surface area contributed by atoms with Crippen molar-refractivity contribution in [1.82, 2.24) is 5.32 Å². The minimum absolute atomic E-state index is 0.543. The molecule has 1 saturated carbocycles. The van der Waals surface area contributed by atoms with Gasteiger partial charge in [-0.3, -0.25) is 0 Å². The highest BCUT2D eigenvalue weighted by atomic mass is 14.8. The van der Waals surface area contributed by atoms with E-state index in [2.05, 4.69) is 5.32 Å². The van der Waals surface area contributed by atoms with Gasteiger partial charge in [0.2, 0.25) is 0 Å². The van der Waals surface area contributed by atoms with Crippen LogP contribution in [0.1, 0.15) is 19.3 Å². The fraction of sp³-hybridized carbons (Fsp3) is 1.00. The zero-order valence-corrected chi connectivity index (χ0v) is 6.06. The Morgan fingerprint density at radius 2 is 2.33 bits per heavy atom. The van der Waals surface area contributed by atoms with E-state index in [1.807, 2.05) is 7.05 Å². The quantitative estimate of drug-likeness (QED) is 0.536. The Kier molecular flexibility index (Phi) is 2.49. The molecule has 1 rings (SSSR count). The number of hydrogen-bond acceptors (Lipinski definition) is 2. The first-order valence-corrected chi connectivity index (χ1v) is 3.74. The zero-order chi connectivity index (χ0) is 6.69. The van der Waals surface area contributed by atoms with Crippen LogP contribution in [0.3, 0.4) is 0 Å². The molecule has 0 aromatic carbocycles. The Labute approximate surface area is 56.8 Å². The van der Waals surface area contributed by atoms with E-state index in [0.29, 0.717) is 6.04 Å². The van der Waals surface area contributed by atoms with Crippen LogP contribution >= 0.6 is 0 Å². The maximum absolute atomic E-state index is 5.63. The topological polar surface area (TPSA) is 38.0 Å². The third kappa shape index (κ3) is 2.33. The lowest BCUT2D eigenvalue weighted by Crippen LogP contribution is -2.09. The number of hydrogen-bond donors (Lipinski definition) is 2. The first-order valence-electron chi connectivity index (χ1n) is 3.74. The summed E-state index contributed by atoms with van der Waals surface area (Å²) in [6.07, 6.45) is 3.88. The highest BCUT2D eigenvalue weighted by Gasteiger charge is 2.31. The molecule has 0 heterocycles. The van der Waals surface area contributed by atoms with Gasteiger partial charge >= 0.3 is 0 Å². The van der Waals surface area contributed by atoms with Crippen molar-refractivity contribution in [2.75, 3.05) is 13.6 Å². The van der Waals surface area contributed by atoms with Crippen molar-refractivity contribution in [2.24, 2.45) is 11.7 Å². The molecule has 0 bridgehead atoms. The smallest absolute Gasteiger partial charge is 0.00709 e. The van der Waals surface area contributed by atoms with Crippen molar-refractivity contribution in [3.63, 3.8) is 0 Å². The van der Waals surface area contributed by atoms with E-state index in [1.165, 1.54) is 19.3 Å². The SMILES string of the molecule is CNCCCC1CC1N. The molecule has 9 heavy (non-hydrogen) atoms. The molecule has 0 saturated heterocycles. The van der Waals surface area contributed by atoms with Gasteiger partial charge in [0.05, 0.1) is 0 Å². The molecule has 0 radical (unpaired) electrons. The van der Waals surface area contributed by atoms with Gasteiger partial charge in [-0.25, -0.2) is 0 Å². The molecular formula is C7H16N2. The van der Waals surface area contributed by atoms with Crippen LogP contribution in [0.4, 0.5) is 0 Å². The van der Waals surface area contributed by atoms with Crippen molar-refractivity contribution >= 4 is 0 Å². The molecule has 3 N–H and O–H groups in total. The number of nitrogens with two attached hydrogens (primary N) is 1. The van der Waals surface area contributed by atoms with Gasteiger partial charge in [0, 0.05) is 6.04 Å². The Hall–Kier alpha value is -0.0800. The van der Waals surface area contributed by atoms with Crippen LogP contribution in [-0.4, -0.2) is 19.6 Å². The van der Waals surface area contributed by atoms with Gasteiger partial charge in [-0.1, -0.05) is 0 Å². The van der Waals surface area contributed by atoms with Crippen molar-refractivity contribution < 1.29 is 0 Å². The molecule has 2 unspecified atom stereocenters. The molecule has 0 aromatic rings. The minimum atomic E-state index is 0.543. The Bertz CT molecular complexity index is 83.0. The van der Waals surface area contributed by atoms with Crippen LogP contribution in [0, 0.1) is 5.92 Å². The van der Waals surface area contributed by atoms with Crippen LogP contribution < -0.4 is 11.1 Å². The summed E-state index contributed by atoms with van der Waals surface area (Å²) in [5.74, 6) is 0.860. The standard InChI is InChI=1S/C7H16N2/c1-9-4-2-3-6-5-7(6)8/h6-7,9H,2-5,8H2,1H3. The third-order valence-corrected chi connectivity index (χ3v) is 1.98. The zero-order valence-electron chi connectivity index (χ0n) is 6.06. The summed E-state index contributed by atoms with van der Waals surface area (Å²) in [4.78, 5) is 0. The first kappa shape index (κ1) is 7.03. The van der Waals surface area contributed by atoms with Gasteiger partial charge in [0.25, 0.3) is 0 Å². The number of rotatable bonds is 4. The molecule has 1 aliphatic carbocycles. The third-order valence-electron chi connectivity index (χ3n) is 1.98. The normalized spacial score (nSPS) is 32.7. The van der Waals surface area contributed by atoms with Gasteiger partial charge in [0.1, 0.15) is 0 Å². The molecule has 54 valence electrons. The minimum Gasteiger partial charge on any atom is -0.327 e. The van der Waals surface area contributed by atoms with E-state index in [-0.39, 0.29) is 0 Å². The molecule has 2 atom stereocenters. The van der Waals surface area contributed by atoms with Crippen LogP contribution in [0.25, 0.3) is 0 Å². The monoisotopic (exact) mass is 128 g/mol. The molecule has 0 spiro atoms. The van der Waals surface area contributed by atoms with Crippen molar-refractivity contribution in [3.8, 4) is 0 Å². The van der Waals surface area contributed by atoms with E-state index in [1.54, 1.807) is 0 Å². The first-order chi connectivity index (χ1) is 4.34. The molecule has 0 aromatic heterocycles. The second-order valence-corrected chi connectivity index (χ2v) is 2.91. The maximum atomic E-state index is 5.63. The van der Waals surface area contributed by atoms with Crippen molar-refractivity contribution in [3.05, 3.63) is 0 Å². The second kappa shape index (κ2) is 3.18. The van der Waals surface area contributed by atoms with Crippen LogP contribution in [0.5, 0.6) is 0 Å². The van der Waals surface area contributed by atoms with E-state index >= 15 is 0 Å². The molecule has 0 aliphatic heterocycles. The molecule has 2 heteroatoms. The van der Waals surface area contributed by atoms with E-state index in [9.17, 15) is 0 Å². The van der Waals surface area contributed by atoms with E-state index < -0.39 is 0 Å². The average Bonchev–Trinajstić information content (AvgIpc) is 2.48. The Morgan fingerprint density at radius 1 is 1.67 bits per heavy atom. The van der Waals surface area contributed by atoms with Crippen molar-refractivity contribution in [2.45, 2.75) is 25.3 Å². The predicted molar refractivity (Wildman–Crippen MR) is 39.2 cm³/mol. The van der Waals surface area contributed by atoms with Crippen LogP contribution in [0.2, 0.25) is 0 Å². The van der Waals surface area contributed by atoms with Gasteiger partial charge in [-0.2, -0.15) is 0 Å². The van der Waals surface area contributed by atoms with Crippen LogP contribution in [0.15, 0.2) is 0 Å². The summed E-state index contributed by atoms with van der Waals surface area (Å²) in [6, 6.07) is 0.543. The summed E-state index contributed by atoms with van der Waals surface area (Å²) in [5, 5.41) is 3.12. The summed E-state index contributed by atoms with van der Waals surface area (Å²) in [5.41, 5.74) is 5.63. The molecule has 1 aliphatic rings. The Morgan fingerprint density at radius 3 is 2.78 bits per heavy atom. The molecule has 2 nitrogen and oxygen atoms in total. The van der Waals surface area contributed by atoms with Crippen LogP contribution in [-0.2, 0) is 0 Å². The van der Waals surface area contributed by atoms with Gasteiger partial charge in [0.15, 0.2) is 0 Å². The fourth-order valence-corrected chi connectivity index (χ4v) is 1.14. The maximum Gasteiger partial charge on any atom is 0.00709 e. The lowest BCUT2D eigenvalue weighted by molar-refractivity contribution is 0.618. The lowest BCUT2D eigenvalue weighted by atomic mass is 10.2. The molecule has 1 fully saturated rings. The summed E-state index contributed by atoms with van der Waals surface area (Å²) in [7, 11) is 1.99. The lowest BCUT2D eigenvalue weighted by Gasteiger charge is -1.96. The predicted octanol–water partition coefficient (Wildman–Crippen LogP) is 0.333. The van der Waals surface area contributed by atoms with Gasteiger partial charge < -0.3 is 11.1 Å². The second-order valence-electron chi connectivity index (χ2n) is 2.91. The van der Waals surface area contributed by atoms with Gasteiger partial charge in [-0.15, -0.1) is 0 Å². The highest BCUT2D eigenvalue weighted by Crippen LogP contribution is 2.31. The molecular weight excluding hydrogens is 112 g/mol. The summed E-state index contributed by atoms with van der Waals surface area (Å²) >= 11 is 0. The highest BCUT2D eigenvalue weighted by molar-refractivity contribution is 4.89. The largest absolute Gasteiger partial charge is 0.327 e.